The summed E-state index contributed by atoms with van der Waals surface area (Å²) in [7, 11) is 1.91. The van der Waals surface area contributed by atoms with E-state index in [9.17, 15) is 4.79 Å². The van der Waals surface area contributed by atoms with Crippen LogP contribution in [0.3, 0.4) is 0 Å². The van der Waals surface area contributed by atoms with E-state index in [1.54, 1.807) is 0 Å². The fourth-order valence-corrected chi connectivity index (χ4v) is 1.82. The second-order valence-corrected chi connectivity index (χ2v) is 4.16. The average Bonchev–Trinajstić information content (AvgIpc) is 2.67. The first kappa shape index (κ1) is 11.2. The van der Waals surface area contributed by atoms with Crippen molar-refractivity contribution in [2.75, 3.05) is 20.1 Å². The minimum atomic E-state index is 0.0224. The smallest absolute Gasteiger partial charge is 0.252 e. The van der Waals surface area contributed by atoms with Gasteiger partial charge in [0, 0.05) is 17.5 Å². The molecule has 1 aromatic rings. The Balaban J connectivity index is 2.28. The van der Waals surface area contributed by atoms with Crippen LogP contribution < -0.4 is 10.6 Å². The van der Waals surface area contributed by atoms with Crippen molar-refractivity contribution >= 4 is 17.2 Å². The molecule has 1 atom stereocenters. The van der Waals surface area contributed by atoms with Crippen LogP contribution in [0.1, 0.15) is 17.3 Å². The van der Waals surface area contributed by atoms with Gasteiger partial charge in [-0.05, 0) is 31.0 Å². The summed E-state index contributed by atoms with van der Waals surface area (Å²) in [5, 5.41) is 9.74. The van der Waals surface area contributed by atoms with Gasteiger partial charge in [0.05, 0.1) is 0 Å². The summed E-state index contributed by atoms with van der Waals surface area (Å²) in [6.07, 6.45) is 0. The summed E-state index contributed by atoms with van der Waals surface area (Å²) in [5.41, 5.74) is 0.756. The lowest BCUT2D eigenvalue weighted by atomic mass is 10.2. The zero-order valence-corrected chi connectivity index (χ0v) is 9.36. The summed E-state index contributed by atoms with van der Waals surface area (Å²) in [5.74, 6) is 0.483. The van der Waals surface area contributed by atoms with E-state index in [0.29, 0.717) is 5.92 Å². The number of amides is 1. The Morgan fingerprint density at radius 2 is 2.36 bits per heavy atom. The number of carbonyl (C=O) groups excluding carboxylic acids is 1. The maximum atomic E-state index is 11.5. The molecule has 1 aromatic heterocycles. The van der Waals surface area contributed by atoms with Crippen LogP contribution in [0.5, 0.6) is 0 Å². The average molecular weight is 212 g/mol. The number of nitrogens with one attached hydrogen (secondary N) is 2. The molecule has 0 aliphatic heterocycles. The third-order valence-corrected chi connectivity index (χ3v) is 2.63. The molecule has 0 bridgehead atoms. The van der Waals surface area contributed by atoms with Crippen molar-refractivity contribution in [2.24, 2.45) is 5.92 Å². The Labute approximate surface area is 88.5 Å². The molecule has 0 saturated carbocycles. The highest BCUT2D eigenvalue weighted by atomic mass is 32.1. The van der Waals surface area contributed by atoms with Crippen molar-refractivity contribution in [1.82, 2.24) is 10.6 Å². The van der Waals surface area contributed by atoms with Gasteiger partial charge in [-0.15, -0.1) is 0 Å². The molecule has 0 saturated heterocycles. The Kier molecular flexibility index (Phi) is 4.62. The molecule has 0 aliphatic carbocycles. The van der Waals surface area contributed by atoms with Gasteiger partial charge in [-0.1, -0.05) is 6.92 Å². The molecule has 1 amide bonds. The van der Waals surface area contributed by atoms with Crippen LogP contribution in [0, 0.1) is 5.92 Å². The predicted molar refractivity (Wildman–Crippen MR) is 59.7 cm³/mol. The van der Waals surface area contributed by atoms with E-state index in [4.69, 9.17) is 0 Å². The van der Waals surface area contributed by atoms with E-state index in [0.717, 1.165) is 18.7 Å². The third kappa shape index (κ3) is 3.47. The second kappa shape index (κ2) is 5.78. The summed E-state index contributed by atoms with van der Waals surface area (Å²) >= 11 is 1.54. The maximum absolute atomic E-state index is 11.5. The minimum Gasteiger partial charge on any atom is -0.352 e. The van der Waals surface area contributed by atoms with Crippen molar-refractivity contribution in [3.63, 3.8) is 0 Å². The first-order chi connectivity index (χ1) is 6.74. The highest BCUT2D eigenvalue weighted by Crippen LogP contribution is 2.05. The highest BCUT2D eigenvalue weighted by Gasteiger charge is 2.06. The molecule has 78 valence electrons. The molecule has 0 aliphatic rings. The van der Waals surface area contributed by atoms with Crippen molar-refractivity contribution in [3.8, 4) is 0 Å². The van der Waals surface area contributed by atoms with Gasteiger partial charge in [0.15, 0.2) is 0 Å². The van der Waals surface area contributed by atoms with Gasteiger partial charge in [0.1, 0.15) is 0 Å². The molecule has 2 N–H and O–H groups in total. The van der Waals surface area contributed by atoms with Crippen molar-refractivity contribution < 1.29 is 4.79 Å². The lowest BCUT2D eigenvalue weighted by Crippen LogP contribution is -2.31. The van der Waals surface area contributed by atoms with Crippen LogP contribution in [0.2, 0.25) is 0 Å². The van der Waals surface area contributed by atoms with Gasteiger partial charge in [-0.25, -0.2) is 0 Å². The first-order valence-electron chi connectivity index (χ1n) is 4.69. The molecule has 0 aromatic carbocycles. The molecule has 0 spiro atoms. The molecule has 14 heavy (non-hydrogen) atoms. The topological polar surface area (TPSA) is 41.1 Å². The molecule has 4 heteroatoms. The maximum Gasteiger partial charge on any atom is 0.252 e. The largest absolute Gasteiger partial charge is 0.352 e. The van der Waals surface area contributed by atoms with Gasteiger partial charge in [-0.3, -0.25) is 4.79 Å². The van der Waals surface area contributed by atoms with Crippen LogP contribution >= 0.6 is 11.3 Å². The van der Waals surface area contributed by atoms with Crippen LogP contribution in [0.15, 0.2) is 16.8 Å². The second-order valence-electron chi connectivity index (χ2n) is 3.38. The Hall–Kier alpha value is -0.870. The van der Waals surface area contributed by atoms with Gasteiger partial charge in [0.25, 0.3) is 5.91 Å². The SMILES string of the molecule is CNC[C@@H](C)CNC(=O)c1ccsc1. The van der Waals surface area contributed by atoms with Gasteiger partial charge in [0.2, 0.25) is 0 Å². The zero-order valence-electron chi connectivity index (χ0n) is 8.54. The standard InChI is InChI=1S/C10H16N2OS/c1-8(5-11-2)6-12-10(13)9-3-4-14-7-9/h3-4,7-8,11H,5-6H2,1-2H3,(H,12,13)/t8-/m1/s1. The van der Waals surface area contributed by atoms with E-state index in [1.165, 1.54) is 11.3 Å². The molecular formula is C10H16N2OS. The van der Waals surface area contributed by atoms with Crippen molar-refractivity contribution in [3.05, 3.63) is 22.4 Å². The molecule has 0 unspecified atom stereocenters. The molecule has 3 nitrogen and oxygen atoms in total. The van der Waals surface area contributed by atoms with E-state index in [-0.39, 0.29) is 5.91 Å². The van der Waals surface area contributed by atoms with E-state index >= 15 is 0 Å². The van der Waals surface area contributed by atoms with Crippen LogP contribution in [-0.2, 0) is 0 Å². The number of rotatable bonds is 5. The van der Waals surface area contributed by atoms with Crippen LogP contribution in [0.4, 0.5) is 0 Å². The number of thiophene rings is 1. The summed E-state index contributed by atoms with van der Waals surface area (Å²) in [6.45, 7) is 3.74. The van der Waals surface area contributed by atoms with E-state index < -0.39 is 0 Å². The summed E-state index contributed by atoms with van der Waals surface area (Å²) < 4.78 is 0. The minimum absolute atomic E-state index is 0.0224. The van der Waals surface area contributed by atoms with Crippen molar-refractivity contribution in [2.45, 2.75) is 6.92 Å². The number of carbonyl (C=O) groups is 1. The quantitative estimate of drug-likeness (QED) is 0.773. The zero-order chi connectivity index (χ0) is 10.4. The van der Waals surface area contributed by atoms with Crippen molar-refractivity contribution in [1.29, 1.82) is 0 Å². The Morgan fingerprint density at radius 3 is 2.93 bits per heavy atom. The lowest BCUT2D eigenvalue weighted by Gasteiger charge is -2.11. The summed E-state index contributed by atoms with van der Waals surface area (Å²) in [4.78, 5) is 11.5. The molecule has 1 rings (SSSR count). The molecule has 1 heterocycles. The van der Waals surface area contributed by atoms with E-state index in [2.05, 4.69) is 17.6 Å². The number of hydrogen-bond donors (Lipinski definition) is 2. The fourth-order valence-electron chi connectivity index (χ4n) is 1.18. The monoisotopic (exact) mass is 212 g/mol. The predicted octanol–water partition coefficient (Wildman–Crippen LogP) is 1.33. The molecule has 0 radical (unpaired) electrons. The summed E-state index contributed by atoms with van der Waals surface area (Å²) in [6, 6.07) is 1.84. The number of hydrogen-bond acceptors (Lipinski definition) is 3. The van der Waals surface area contributed by atoms with Crippen LogP contribution in [-0.4, -0.2) is 26.0 Å². The third-order valence-electron chi connectivity index (χ3n) is 1.95. The highest BCUT2D eigenvalue weighted by molar-refractivity contribution is 7.08. The van der Waals surface area contributed by atoms with Crippen LogP contribution in [0.25, 0.3) is 0 Å². The fraction of sp³-hybridized carbons (Fsp3) is 0.500. The molecular weight excluding hydrogens is 196 g/mol. The Morgan fingerprint density at radius 1 is 1.57 bits per heavy atom. The molecule has 0 fully saturated rings. The lowest BCUT2D eigenvalue weighted by molar-refractivity contribution is 0.0948. The van der Waals surface area contributed by atoms with Gasteiger partial charge >= 0.3 is 0 Å². The van der Waals surface area contributed by atoms with E-state index in [1.807, 2.05) is 23.9 Å². The normalized spacial score (nSPS) is 12.4. The van der Waals surface area contributed by atoms with Gasteiger partial charge in [-0.2, -0.15) is 11.3 Å². The first-order valence-corrected chi connectivity index (χ1v) is 5.63. The van der Waals surface area contributed by atoms with Gasteiger partial charge < -0.3 is 10.6 Å². The Bertz CT molecular complexity index is 272.